The molecule has 0 saturated carbocycles. The van der Waals surface area contributed by atoms with Crippen LogP contribution < -0.4 is 9.46 Å². The van der Waals surface area contributed by atoms with Crippen molar-refractivity contribution in [2.75, 3.05) is 12.9 Å². The van der Waals surface area contributed by atoms with Crippen molar-refractivity contribution in [3.05, 3.63) is 76.3 Å². The van der Waals surface area contributed by atoms with Crippen LogP contribution >= 0.6 is 23.2 Å². The van der Waals surface area contributed by atoms with Gasteiger partial charge < -0.3 is 4.74 Å². The lowest BCUT2D eigenvalue weighted by Crippen LogP contribution is -2.40. The van der Waals surface area contributed by atoms with Crippen LogP contribution in [0.5, 0.6) is 5.75 Å². The Balaban J connectivity index is 1.73. The lowest BCUT2D eigenvalue weighted by Gasteiger charge is -2.24. The Kier molecular flexibility index (Phi) is 5.97. The van der Waals surface area contributed by atoms with Gasteiger partial charge in [-0.3, -0.25) is 9.52 Å². The molecule has 0 aliphatic carbocycles. The van der Waals surface area contributed by atoms with Crippen molar-refractivity contribution in [3.63, 3.8) is 0 Å². The third-order valence-corrected chi connectivity index (χ3v) is 7.25. The normalized spacial score (nSPS) is 17.8. The van der Waals surface area contributed by atoms with E-state index in [1.807, 2.05) is 47.2 Å². The first-order valence-electron chi connectivity index (χ1n) is 9.53. The van der Waals surface area contributed by atoms with Crippen molar-refractivity contribution < 1.29 is 17.9 Å². The first-order valence-corrected chi connectivity index (χ1v) is 11.9. The number of ether oxygens (including phenoxy) is 1. The van der Waals surface area contributed by atoms with E-state index in [9.17, 15) is 13.2 Å². The molecule has 31 heavy (non-hydrogen) atoms. The Labute approximate surface area is 191 Å². The molecule has 1 atom stereocenters. The molecule has 1 fully saturated rings. The number of sulfonamides is 1. The maximum Gasteiger partial charge on any atom is 0.235 e. The van der Waals surface area contributed by atoms with Crippen LogP contribution in [0.15, 0.2) is 60.7 Å². The average Bonchev–Trinajstić information content (AvgIpc) is 2.72. The van der Waals surface area contributed by atoms with Crippen molar-refractivity contribution in [2.24, 2.45) is 0 Å². The van der Waals surface area contributed by atoms with E-state index < -0.39 is 21.8 Å². The van der Waals surface area contributed by atoms with Crippen molar-refractivity contribution in [1.29, 1.82) is 0 Å². The minimum absolute atomic E-state index is 0.0927. The van der Waals surface area contributed by atoms with E-state index in [-0.39, 0.29) is 12.2 Å². The quantitative estimate of drug-likeness (QED) is 0.557. The van der Waals surface area contributed by atoms with Crippen LogP contribution in [-0.4, -0.2) is 27.2 Å². The number of carbonyl (C=O) groups is 1. The summed E-state index contributed by atoms with van der Waals surface area (Å²) in [6, 6.07) is 18.8. The Hall–Kier alpha value is -2.54. The molecule has 1 N–H and O–H groups in total. The van der Waals surface area contributed by atoms with E-state index in [2.05, 4.69) is 0 Å². The molecule has 3 aromatic carbocycles. The lowest BCUT2D eigenvalue weighted by molar-refractivity contribution is -0.119. The van der Waals surface area contributed by atoms with E-state index in [0.29, 0.717) is 21.4 Å². The number of methoxy groups -OCH3 is 1. The van der Waals surface area contributed by atoms with Gasteiger partial charge in [0.15, 0.2) is 0 Å². The van der Waals surface area contributed by atoms with Crippen LogP contribution in [0.3, 0.4) is 0 Å². The minimum atomic E-state index is -3.64. The Morgan fingerprint density at radius 1 is 0.935 bits per heavy atom. The second-order valence-corrected chi connectivity index (χ2v) is 9.92. The average molecular weight is 476 g/mol. The molecule has 0 spiro atoms. The third kappa shape index (κ3) is 4.56. The van der Waals surface area contributed by atoms with Crippen LogP contribution in [0.1, 0.15) is 17.9 Å². The van der Waals surface area contributed by atoms with Gasteiger partial charge in [0, 0.05) is 27.9 Å². The van der Waals surface area contributed by atoms with Gasteiger partial charge >= 0.3 is 0 Å². The summed E-state index contributed by atoms with van der Waals surface area (Å²) < 4.78 is 31.5. The zero-order chi connectivity index (χ0) is 22.2. The summed E-state index contributed by atoms with van der Waals surface area (Å²) in [7, 11) is -2.11. The lowest BCUT2D eigenvalue weighted by atomic mass is 9.92. The van der Waals surface area contributed by atoms with Gasteiger partial charge in [0.2, 0.25) is 15.9 Å². The standard InChI is InChI=1S/C23H19Cl2NO4S/c1-30-21-11-15(8-9-18(21)17-12-22(27)26-31(28,29)13-17)14-4-2-5-16(10-14)23-19(24)6-3-7-20(23)25/h2-11,17H,12-13H2,1H3,(H,26,27). The molecular formula is C23H19Cl2NO4S. The van der Waals surface area contributed by atoms with Gasteiger partial charge in [0.05, 0.1) is 12.9 Å². The van der Waals surface area contributed by atoms with Crippen LogP contribution in [0.2, 0.25) is 10.0 Å². The molecule has 0 radical (unpaired) electrons. The van der Waals surface area contributed by atoms with Gasteiger partial charge in [-0.25, -0.2) is 8.42 Å². The highest BCUT2D eigenvalue weighted by Crippen LogP contribution is 2.38. The summed E-state index contributed by atoms with van der Waals surface area (Å²) in [6.07, 6.45) is 0.0927. The molecule has 0 bridgehead atoms. The Morgan fingerprint density at radius 3 is 2.26 bits per heavy atom. The number of benzene rings is 3. The number of nitrogens with one attached hydrogen (secondary N) is 1. The fraction of sp³-hybridized carbons (Fsp3) is 0.174. The van der Waals surface area contributed by atoms with Gasteiger partial charge in [-0.2, -0.15) is 0 Å². The molecule has 1 heterocycles. The summed E-state index contributed by atoms with van der Waals surface area (Å²) in [5.41, 5.74) is 4.14. The van der Waals surface area contributed by atoms with Crippen molar-refractivity contribution >= 4 is 39.1 Å². The van der Waals surface area contributed by atoms with Gasteiger partial charge in [-0.05, 0) is 46.5 Å². The highest BCUT2D eigenvalue weighted by Gasteiger charge is 2.32. The highest BCUT2D eigenvalue weighted by atomic mass is 35.5. The molecule has 4 rings (SSSR count). The van der Waals surface area contributed by atoms with Gasteiger partial charge in [0.1, 0.15) is 5.75 Å². The maximum atomic E-state index is 12.0. The van der Waals surface area contributed by atoms with E-state index in [1.54, 1.807) is 18.2 Å². The van der Waals surface area contributed by atoms with Crippen LogP contribution in [0.4, 0.5) is 0 Å². The first kappa shape index (κ1) is 21.7. The molecular weight excluding hydrogens is 457 g/mol. The first-order chi connectivity index (χ1) is 14.8. The Morgan fingerprint density at radius 2 is 1.58 bits per heavy atom. The summed E-state index contributed by atoms with van der Waals surface area (Å²) in [5, 5.41) is 1.13. The van der Waals surface area contributed by atoms with Crippen LogP contribution in [0.25, 0.3) is 22.3 Å². The fourth-order valence-corrected chi connectivity index (χ4v) is 5.82. The van der Waals surface area contributed by atoms with Crippen LogP contribution in [0, 0.1) is 0 Å². The van der Waals surface area contributed by atoms with Gasteiger partial charge in [-0.1, -0.05) is 59.6 Å². The van der Waals surface area contributed by atoms with E-state index in [1.165, 1.54) is 7.11 Å². The van der Waals surface area contributed by atoms with E-state index >= 15 is 0 Å². The zero-order valence-electron chi connectivity index (χ0n) is 16.6. The van der Waals surface area contributed by atoms with Crippen LogP contribution in [-0.2, 0) is 14.8 Å². The molecule has 8 heteroatoms. The smallest absolute Gasteiger partial charge is 0.235 e. The summed E-state index contributed by atoms with van der Waals surface area (Å²) in [5.74, 6) is -0.592. The number of carbonyl (C=O) groups excluding carboxylic acids is 1. The molecule has 1 amide bonds. The number of halogens is 2. The van der Waals surface area contributed by atoms with Crippen molar-refractivity contribution in [2.45, 2.75) is 12.3 Å². The summed E-state index contributed by atoms with van der Waals surface area (Å²) in [4.78, 5) is 11.8. The molecule has 160 valence electrons. The monoisotopic (exact) mass is 475 g/mol. The molecule has 1 aliphatic heterocycles. The summed E-state index contributed by atoms with van der Waals surface area (Å²) in [6.45, 7) is 0. The molecule has 3 aromatic rings. The molecule has 1 aliphatic rings. The second kappa shape index (κ2) is 8.54. The number of amides is 1. The van der Waals surface area contributed by atoms with Crippen molar-refractivity contribution in [1.82, 2.24) is 4.72 Å². The highest BCUT2D eigenvalue weighted by molar-refractivity contribution is 7.90. The molecule has 1 saturated heterocycles. The summed E-state index contributed by atoms with van der Waals surface area (Å²) >= 11 is 12.7. The number of rotatable bonds is 4. The van der Waals surface area contributed by atoms with E-state index in [0.717, 1.165) is 22.3 Å². The minimum Gasteiger partial charge on any atom is -0.496 e. The molecule has 1 unspecified atom stereocenters. The van der Waals surface area contributed by atoms with Gasteiger partial charge in [-0.15, -0.1) is 0 Å². The SMILES string of the molecule is COc1cc(-c2cccc(-c3c(Cl)cccc3Cl)c2)ccc1C1CC(=O)NS(=O)(=O)C1. The molecule has 5 nitrogen and oxygen atoms in total. The fourth-order valence-electron chi connectivity index (χ4n) is 3.86. The maximum absolute atomic E-state index is 12.0. The topological polar surface area (TPSA) is 72.5 Å². The largest absolute Gasteiger partial charge is 0.496 e. The second-order valence-electron chi connectivity index (χ2n) is 7.34. The van der Waals surface area contributed by atoms with E-state index in [4.69, 9.17) is 27.9 Å². The third-order valence-electron chi connectivity index (χ3n) is 5.24. The number of hydrogen-bond donors (Lipinski definition) is 1. The zero-order valence-corrected chi connectivity index (χ0v) is 18.9. The molecule has 0 aromatic heterocycles. The van der Waals surface area contributed by atoms with Gasteiger partial charge in [0.25, 0.3) is 0 Å². The predicted molar refractivity (Wildman–Crippen MR) is 123 cm³/mol. The predicted octanol–water partition coefficient (Wildman–Crippen LogP) is 5.27. The Bertz CT molecular complexity index is 1250. The van der Waals surface area contributed by atoms with Crippen molar-refractivity contribution in [3.8, 4) is 28.0 Å². The number of hydrogen-bond acceptors (Lipinski definition) is 4.